The van der Waals surface area contributed by atoms with Crippen LogP contribution in [0.25, 0.3) is 16.6 Å². The van der Waals surface area contributed by atoms with Crippen LogP contribution in [-0.4, -0.2) is 101 Å². The second kappa shape index (κ2) is 12.1. The standard InChI is InChI=1S/C32H33F2N7O3/c33-27-2-1-3-28(34)31(27)29(42)20-40-23-12-24(40)18-39(17-23)30-5-4-21(15-36-30)26-13-25(19-41-32(26)22(14-35)16-37-41)44-11-8-38-6-9-43-10-7-38/h1-5,13,15-16,19,23-24,29,42H,6-12,17-18,20H2. The molecule has 10 nitrogen and oxygen atoms in total. The fraction of sp³-hybridized carbons (Fsp3) is 0.406. The summed E-state index contributed by atoms with van der Waals surface area (Å²) in [4.78, 5) is 11.4. The summed E-state index contributed by atoms with van der Waals surface area (Å²) in [6.07, 6.45) is 4.89. The number of aliphatic hydroxyl groups excluding tert-OH is 1. The summed E-state index contributed by atoms with van der Waals surface area (Å²) in [5.41, 5.74) is 2.54. The molecule has 7 heterocycles. The summed E-state index contributed by atoms with van der Waals surface area (Å²) in [6.45, 7) is 6.16. The summed E-state index contributed by atoms with van der Waals surface area (Å²) >= 11 is 0. The lowest BCUT2D eigenvalue weighted by molar-refractivity contribution is -0.0355. The van der Waals surface area contributed by atoms with E-state index in [4.69, 9.17) is 14.5 Å². The second-order valence-electron chi connectivity index (χ2n) is 11.6. The molecule has 2 bridgehead atoms. The van der Waals surface area contributed by atoms with Crippen molar-refractivity contribution in [1.29, 1.82) is 5.26 Å². The number of aliphatic hydroxyl groups is 1. The monoisotopic (exact) mass is 601 g/mol. The van der Waals surface area contributed by atoms with Gasteiger partial charge in [0.2, 0.25) is 0 Å². The Morgan fingerprint density at radius 1 is 1.09 bits per heavy atom. The molecule has 44 heavy (non-hydrogen) atoms. The van der Waals surface area contributed by atoms with E-state index in [1.807, 2.05) is 18.2 Å². The van der Waals surface area contributed by atoms with E-state index >= 15 is 0 Å². The normalized spacial score (nSPS) is 21.2. The molecule has 12 heteroatoms. The highest BCUT2D eigenvalue weighted by Crippen LogP contribution is 2.37. The van der Waals surface area contributed by atoms with Crippen LogP contribution in [0.3, 0.4) is 0 Å². The van der Waals surface area contributed by atoms with E-state index in [2.05, 4.69) is 25.9 Å². The third-order valence-corrected chi connectivity index (χ3v) is 8.93. The van der Waals surface area contributed by atoms with Gasteiger partial charge in [0.15, 0.2) is 0 Å². The van der Waals surface area contributed by atoms with Crippen LogP contribution in [0.4, 0.5) is 14.6 Å². The fourth-order valence-electron chi connectivity index (χ4n) is 6.62. The minimum Gasteiger partial charge on any atom is -0.491 e. The molecule has 4 aromatic rings. The zero-order valence-electron chi connectivity index (χ0n) is 24.1. The zero-order valence-corrected chi connectivity index (χ0v) is 24.1. The van der Waals surface area contributed by atoms with Crippen molar-refractivity contribution in [2.24, 2.45) is 0 Å². The van der Waals surface area contributed by atoms with Gasteiger partial charge in [0.05, 0.1) is 48.4 Å². The van der Waals surface area contributed by atoms with Crippen LogP contribution >= 0.6 is 0 Å². The smallest absolute Gasteiger partial charge is 0.138 e. The van der Waals surface area contributed by atoms with Crippen molar-refractivity contribution in [3.05, 3.63) is 77.8 Å². The predicted molar refractivity (Wildman–Crippen MR) is 158 cm³/mol. The van der Waals surface area contributed by atoms with Crippen LogP contribution in [0.1, 0.15) is 23.7 Å². The molecule has 4 saturated heterocycles. The van der Waals surface area contributed by atoms with Gasteiger partial charge in [-0.25, -0.2) is 18.3 Å². The maximum Gasteiger partial charge on any atom is 0.138 e. The SMILES string of the molecule is N#Cc1cnn2cc(OCCN3CCOCC3)cc(-c3ccc(N4CC5CC(C4)N5CC(O)c4c(F)cccc4F)nc3)c12. The Labute approximate surface area is 253 Å². The van der Waals surface area contributed by atoms with Gasteiger partial charge in [-0.1, -0.05) is 6.07 Å². The lowest BCUT2D eigenvalue weighted by Crippen LogP contribution is -2.69. The number of anilines is 1. The molecule has 4 aliphatic rings. The minimum absolute atomic E-state index is 0.163. The molecule has 0 aliphatic carbocycles. The second-order valence-corrected chi connectivity index (χ2v) is 11.6. The van der Waals surface area contributed by atoms with Gasteiger partial charge in [-0.2, -0.15) is 10.4 Å². The first-order valence-electron chi connectivity index (χ1n) is 14.9. The number of pyridine rings is 2. The first kappa shape index (κ1) is 28.6. The highest BCUT2D eigenvalue weighted by Gasteiger charge is 2.45. The number of benzene rings is 1. The molecule has 228 valence electrons. The van der Waals surface area contributed by atoms with Crippen LogP contribution in [0.5, 0.6) is 5.75 Å². The molecule has 3 unspecified atom stereocenters. The maximum atomic E-state index is 14.2. The number of piperidine rings is 1. The topological polar surface area (TPSA) is 102 Å². The summed E-state index contributed by atoms with van der Waals surface area (Å²) in [7, 11) is 0. The average molecular weight is 602 g/mol. The van der Waals surface area contributed by atoms with Crippen LogP contribution in [0.2, 0.25) is 0 Å². The van der Waals surface area contributed by atoms with E-state index in [1.165, 1.54) is 18.2 Å². The predicted octanol–water partition coefficient (Wildman–Crippen LogP) is 3.25. The molecule has 1 N–H and O–H groups in total. The van der Waals surface area contributed by atoms with Gasteiger partial charge in [0.25, 0.3) is 0 Å². The molecule has 3 aromatic heterocycles. The Morgan fingerprint density at radius 2 is 1.86 bits per heavy atom. The van der Waals surface area contributed by atoms with Gasteiger partial charge in [0, 0.05) is 68.7 Å². The van der Waals surface area contributed by atoms with Gasteiger partial charge in [-0.05, 0) is 36.8 Å². The van der Waals surface area contributed by atoms with Crippen LogP contribution in [0.15, 0.2) is 55.0 Å². The van der Waals surface area contributed by atoms with Crippen LogP contribution in [-0.2, 0) is 4.74 Å². The summed E-state index contributed by atoms with van der Waals surface area (Å²) in [5, 5.41) is 24.8. The molecule has 0 radical (unpaired) electrons. The Balaban J connectivity index is 1.04. The fourth-order valence-corrected chi connectivity index (χ4v) is 6.62. The zero-order chi connectivity index (χ0) is 30.2. The van der Waals surface area contributed by atoms with Crippen molar-refractivity contribution in [2.45, 2.75) is 24.6 Å². The molecular weight excluding hydrogens is 568 g/mol. The molecule has 4 aliphatic heterocycles. The first-order valence-corrected chi connectivity index (χ1v) is 14.9. The number of rotatable bonds is 9. The van der Waals surface area contributed by atoms with Gasteiger partial charge >= 0.3 is 0 Å². The summed E-state index contributed by atoms with van der Waals surface area (Å²) in [5.74, 6) is 0.0291. The van der Waals surface area contributed by atoms with Crippen molar-refractivity contribution in [3.63, 3.8) is 0 Å². The lowest BCUT2D eigenvalue weighted by Gasteiger charge is -2.57. The van der Waals surface area contributed by atoms with Crippen LogP contribution in [0, 0.1) is 23.0 Å². The number of aromatic nitrogens is 3. The van der Waals surface area contributed by atoms with E-state index in [9.17, 15) is 19.1 Å². The van der Waals surface area contributed by atoms with E-state index < -0.39 is 17.7 Å². The third-order valence-electron chi connectivity index (χ3n) is 8.93. The number of hydrogen-bond donors (Lipinski definition) is 1. The van der Waals surface area contributed by atoms with E-state index in [0.29, 0.717) is 36.5 Å². The number of nitrogens with zero attached hydrogens (tertiary/aromatic N) is 7. The average Bonchev–Trinajstić information content (AvgIpc) is 3.47. The van der Waals surface area contributed by atoms with Gasteiger partial charge in [-0.15, -0.1) is 0 Å². The van der Waals surface area contributed by atoms with Crippen molar-refractivity contribution < 1.29 is 23.4 Å². The highest BCUT2D eigenvalue weighted by molar-refractivity contribution is 5.85. The Bertz CT molecular complexity index is 1650. The lowest BCUT2D eigenvalue weighted by atomic mass is 9.86. The van der Waals surface area contributed by atoms with Crippen LogP contribution < -0.4 is 9.64 Å². The van der Waals surface area contributed by atoms with Gasteiger partial charge in [0.1, 0.15) is 35.9 Å². The summed E-state index contributed by atoms with van der Waals surface area (Å²) in [6, 6.07) is 12.1. The van der Waals surface area contributed by atoms with Crippen molar-refractivity contribution in [3.8, 4) is 22.9 Å². The Morgan fingerprint density at radius 3 is 2.57 bits per heavy atom. The Hall–Kier alpha value is -4.15. The number of halogens is 2. The van der Waals surface area contributed by atoms with Gasteiger partial charge < -0.3 is 19.5 Å². The molecule has 3 atom stereocenters. The molecular formula is C32H33F2N7O3. The molecule has 4 fully saturated rings. The minimum atomic E-state index is -1.23. The molecule has 1 aromatic carbocycles. The first-order chi connectivity index (χ1) is 21.5. The van der Waals surface area contributed by atoms with Gasteiger partial charge in [-0.3, -0.25) is 9.80 Å². The van der Waals surface area contributed by atoms with E-state index in [0.717, 1.165) is 56.2 Å². The third kappa shape index (κ3) is 5.48. The largest absolute Gasteiger partial charge is 0.491 e. The molecule has 0 spiro atoms. The number of fused-ring (bicyclic) bond motifs is 3. The number of morpholine rings is 1. The van der Waals surface area contributed by atoms with E-state index in [1.54, 1.807) is 23.1 Å². The number of piperazine rings is 1. The Kier molecular flexibility index (Phi) is 7.86. The van der Waals surface area contributed by atoms with Crippen molar-refractivity contribution in [1.82, 2.24) is 24.4 Å². The van der Waals surface area contributed by atoms with Crippen molar-refractivity contribution >= 4 is 11.3 Å². The van der Waals surface area contributed by atoms with E-state index in [-0.39, 0.29) is 24.2 Å². The number of ether oxygens (including phenoxy) is 2. The van der Waals surface area contributed by atoms with Crippen molar-refractivity contribution in [2.75, 3.05) is 64.0 Å². The number of nitriles is 1. The molecule has 0 amide bonds. The number of hydrogen-bond acceptors (Lipinski definition) is 9. The quantitative estimate of drug-likeness (QED) is 0.310. The maximum absolute atomic E-state index is 14.2. The molecule has 0 saturated carbocycles. The molecule has 8 rings (SSSR count). The highest BCUT2D eigenvalue weighted by atomic mass is 19.1. The summed E-state index contributed by atoms with van der Waals surface area (Å²) < 4.78 is 41.6.